The summed E-state index contributed by atoms with van der Waals surface area (Å²) in [5, 5.41) is 14.1. The van der Waals surface area contributed by atoms with Crippen LogP contribution in [0.4, 0.5) is 17.2 Å². The zero-order valence-electron chi connectivity index (χ0n) is 19.5. The lowest BCUT2D eigenvalue weighted by Gasteiger charge is -2.28. The van der Waals surface area contributed by atoms with Crippen LogP contribution >= 0.6 is 0 Å². The lowest BCUT2D eigenvalue weighted by atomic mass is 9.88. The maximum absolute atomic E-state index is 10.6. The van der Waals surface area contributed by atoms with E-state index >= 15 is 0 Å². The number of fused-ring (bicyclic) bond motifs is 2. The van der Waals surface area contributed by atoms with Gasteiger partial charge in [0, 0.05) is 48.6 Å². The summed E-state index contributed by atoms with van der Waals surface area (Å²) in [6.07, 6.45) is 6.15. The number of nitrogens with one attached hydrogen (secondary N) is 1. The number of aliphatic hydroxyl groups is 1. The van der Waals surface area contributed by atoms with E-state index in [1.807, 2.05) is 22.9 Å². The summed E-state index contributed by atoms with van der Waals surface area (Å²) >= 11 is 0. The van der Waals surface area contributed by atoms with Crippen molar-refractivity contribution in [2.45, 2.75) is 26.4 Å². The molecule has 2 aromatic carbocycles. The van der Waals surface area contributed by atoms with Crippen molar-refractivity contribution in [3.63, 3.8) is 0 Å². The number of anilines is 3. The average Bonchev–Trinajstić information content (AvgIpc) is 3.42. The molecule has 1 aliphatic carbocycles. The van der Waals surface area contributed by atoms with Gasteiger partial charge in [-0.05, 0) is 53.3 Å². The van der Waals surface area contributed by atoms with Crippen LogP contribution < -0.4 is 10.2 Å². The van der Waals surface area contributed by atoms with Crippen molar-refractivity contribution in [3.8, 4) is 11.3 Å². The fourth-order valence-corrected chi connectivity index (χ4v) is 5.06. The zero-order chi connectivity index (χ0) is 23.3. The number of aliphatic hydroxyl groups excluding tert-OH is 1. The number of ether oxygens (including phenoxy) is 1. The molecule has 3 heterocycles. The molecule has 0 saturated carbocycles. The Morgan fingerprint density at radius 2 is 1.88 bits per heavy atom. The number of morpholine rings is 1. The predicted octanol–water partition coefficient (Wildman–Crippen LogP) is 4.59. The first-order valence-electron chi connectivity index (χ1n) is 11.8. The van der Waals surface area contributed by atoms with Crippen LogP contribution in [0.2, 0.25) is 0 Å². The molecule has 1 aliphatic heterocycles. The van der Waals surface area contributed by atoms with Gasteiger partial charge in [-0.1, -0.05) is 26.0 Å². The Hall–Kier alpha value is -3.42. The number of aromatic nitrogens is 3. The Kier molecular flexibility index (Phi) is 5.04. The molecule has 2 N–H and O–H groups in total. The second kappa shape index (κ2) is 8.11. The summed E-state index contributed by atoms with van der Waals surface area (Å²) in [7, 11) is 0. The zero-order valence-corrected chi connectivity index (χ0v) is 19.5. The second-order valence-electron chi connectivity index (χ2n) is 9.89. The molecule has 1 fully saturated rings. The molecule has 2 aliphatic rings. The van der Waals surface area contributed by atoms with E-state index in [-0.39, 0.29) is 5.41 Å². The van der Waals surface area contributed by atoms with Crippen LogP contribution in [0.15, 0.2) is 61.1 Å². The molecule has 1 atom stereocenters. The highest BCUT2D eigenvalue weighted by Gasteiger charge is 2.37. The third-order valence-corrected chi connectivity index (χ3v) is 7.00. The quantitative estimate of drug-likeness (QED) is 0.469. The highest BCUT2D eigenvalue weighted by molar-refractivity contribution is 5.74. The summed E-state index contributed by atoms with van der Waals surface area (Å²) in [6, 6.07) is 14.7. The van der Waals surface area contributed by atoms with Crippen LogP contribution in [0, 0.1) is 5.41 Å². The Morgan fingerprint density at radius 3 is 2.68 bits per heavy atom. The number of benzene rings is 2. The van der Waals surface area contributed by atoms with Crippen molar-refractivity contribution >= 4 is 22.8 Å². The summed E-state index contributed by atoms with van der Waals surface area (Å²) in [6.45, 7) is 7.60. The Bertz CT molecular complexity index is 1340. The van der Waals surface area contributed by atoms with Crippen LogP contribution in [-0.2, 0) is 11.2 Å². The summed E-state index contributed by atoms with van der Waals surface area (Å²) in [5.74, 6) is 0.711. The van der Waals surface area contributed by atoms with Gasteiger partial charge in [-0.3, -0.25) is 0 Å². The van der Waals surface area contributed by atoms with E-state index in [1.54, 1.807) is 6.20 Å². The van der Waals surface area contributed by atoms with Gasteiger partial charge < -0.3 is 24.5 Å². The van der Waals surface area contributed by atoms with Gasteiger partial charge in [0.1, 0.15) is 0 Å². The Labute approximate surface area is 199 Å². The molecule has 0 spiro atoms. The molecule has 7 nitrogen and oxygen atoms in total. The summed E-state index contributed by atoms with van der Waals surface area (Å²) < 4.78 is 7.46. The summed E-state index contributed by atoms with van der Waals surface area (Å²) in [4.78, 5) is 11.8. The molecule has 0 radical (unpaired) electrons. The van der Waals surface area contributed by atoms with Crippen LogP contribution in [0.1, 0.15) is 31.1 Å². The third-order valence-electron chi connectivity index (χ3n) is 7.00. The van der Waals surface area contributed by atoms with Gasteiger partial charge in [-0.25, -0.2) is 9.97 Å². The van der Waals surface area contributed by atoms with Gasteiger partial charge >= 0.3 is 0 Å². The number of hydrogen-bond acceptors (Lipinski definition) is 6. The Balaban J connectivity index is 1.31. The lowest BCUT2D eigenvalue weighted by Crippen LogP contribution is -2.36. The van der Waals surface area contributed by atoms with E-state index in [0.29, 0.717) is 5.82 Å². The maximum atomic E-state index is 10.6. The smallest absolute Gasteiger partial charge is 0.180 e. The van der Waals surface area contributed by atoms with Crippen molar-refractivity contribution in [1.82, 2.24) is 14.4 Å². The van der Waals surface area contributed by atoms with E-state index in [1.165, 1.54) is 11.3 Å². The van der Waals surface area contributed by atoms with Crippen molar-refractivity contribution in [3.05, 3.63) is 72.2 Å². The van der Waals surface area contributed by atoms with Gasteiger partial charge in [0.25, 0.3) is 0 Å². The predicted molar refractivity (Wildman–Crippen MR) is 134 cm³/mol. The van der Waals surface area contributed by atoms with Gasteiger partial charge in [0.05, 0.1) is 25.0 Å². The van der Waals surface area contributed by atoms with E-state index < -0.39 is 6.10 Å². The molecule has 0 unspecified atom stereocenters. The molecule has 34 heavy (non-hydrogen) atoms. The molecule has 7 heteroatoms. The molecule has 0 amide bonds. The van der Waals surface area contributed by atoms with E-state index in [2.05, 4.69) is 65.4 Å². The fourth-order valence-electron chi connectivity index (χ4n) is 5.06. The van der Waals surface area contributed by atoms with Crippen LogP contribution in [0.25, 0.3) is 16.9 Å². The highest BCUT2D eigenvalue weighted by Crippen LogP contribution is 2.46. The highest BCUT2D eigenvalue weighted by atomic mass is 16.5. The fraction of sp³-hybridized carbons (Fsp3) is 0.333. The molecule has 2 aromatic heterocycles. The van der Waals surface area contributed by atoms with Crippen molar-refractivity contribution in [1.29, 1.82) is 0 Å². The number of rotatable bonds is 4. The first-order chi connectivity index (χ1) is 16.5. The van der Waals surface area contributed by atoms with Crippen LogP contribution in [0.3, 0.4) is 0 Å². The summed E-state index contributed by atoms with van der Waals surface area (Å²) in [5.41, 5.74) is 6.90. The molecule has 6 rings (SSSR count). The minimum atomic E-state index is -0.432. The SMILES string of the molecule is CC1(C)Cc2cc(-c3cn4ccnc4c(Nc4ccc(N5CCOCC5)cc4)n3)ccc2[C@H]1O. The molecule has 0 bridgehead atoms. The van der Waals surface area contributed by atoms with Gasteiger partial charge in [0.15, 0.2) is 11.5 Å². The normalized spacial score (nSPS) is 19.4. The molecule has 174 valence electrons. The van der Waals surface area contributed by atoms with Gasteiger partial charge in [0.2, 0.25) is 0 Å². The number of nitrogens with zero attached hydrogens (tertiary/aromatic N) is 4. The van der Waals surface area contributed by atoms with E-state index in [4.69, 9.17) is 9.72 Å². The largest absolute Gasteiger partial charge is 0.388 e. The maximum Gasteiger partial charge on any atom is 0.180 e. The van der Waals surface area contributed by atoms with Crippen LogP contribution in [0.5, 0.6) is 0 Å². The second-order valence-corrected chi connectivity index (χ2v) is 9.89. The number of imidazole rings is 1. The first-order valence-corrected chi connectivity index (χ1v) is 11.8. The molecule has 1 saturated heterocycles. The van der Waals surface area contributed by atoms with Crippen molar-refractivity contribution in [2.75, 3.05) is 36.5 Å². The molecular weight excluding hydrogens is 426 g/mol. The average molecular weight is 456 g/mol. The van der Waals surface area contributed by atoms with Crippen LogP contribution in [-0.4, -0.2) is 45.8 Å². The third kappa shape index (κ3) is 3.71. The van der Waals surface area contributed by atoms with Crippen molar-refractivity contribution in [2.24, 2.45) is 5.41 Å². The van der Waals surface area contributed by atoms with Gasteiger partial charge in [-0.2, -0.15) is 0 Å². The number of hydrogen-bond donors (Lipinski definition) is 2. The monoisotopic (exact) mass is 455 g/mol. The minimum Gasteiger partial charge on any atom is -0.388 e. The molecule has 4 aromatic rings. The van der Waals surface area contributed by atoms with Gasteiger partial charge in [-0.15, -0.1) is 0 Å². The minimum absolute atomic E-state index is 0.150. The Morgan fingerprint density at radius 1 is 1.09 bits per heavy atom. The van der Waals surface area contributed by atoms with Crippen molar-refractivity contribution < 1.29 is 9.84 Å². The standard InChI is InChI=1S/C27H29N5O2/c1-27(2)16-19-15-18(3-8-22(19)24(27)33)23-17-32-10-9-28-26(32)25(30-23)29-20-4-6-21(7-5-20)31-11-13-34-14-12-31/h3-10,15,17,24,33H,11-14,16H2,1-2H3,(H,29,30)/t24-/m1/s1. The lowest BCUT2D eigenvalue weighted by molar-refractivity contribution is 0.0666. The molecular formula is C27H29N5O2. The first kappa shape index (κ1) is 21.1. The van der Waals surface area contributed by atoms with E-state index in [0.717, 1.165) is 60.9 Å². The topological polar surface area (TPSA) is 74.9 Å². The van der Waals surface area contributed by atoms with E-state index in [9.17, 15) is 5.11 Å².